The molecule has 9 heteroatoms. The number of thiazole rings is 1. The fourth-order valence-corrected chi connectivity index (χ4v) is 6.82. The van der Waals surface area contributed by atoms with Crippen molar-refractivity contribution in [3.8, 4) is 16.3 Å². The normalized spacial score (nSPS) is 16.6. The summed E-state index contributed by atoms with van der Waals surface area (Å²) in [5.74, 6) is 0.226. The lowest BCUT2D eigenvalue weighted by Crippen LogP contribution is -2.43. The molecule has 0 saturated carbocycles. The van der Waals surface area contributed by atoms with Crippen LogP contribution < -0.4 is 10.1 Å². The Labute approximate surface area is 202 Å². The fraction of sp³-hybridized carbons (Fsp3) is 0.200. The van der Waals surface area contributed by atoms with E-state index < -0.39 is 16.1 Å². The Morgan fingerprint density at radius 1 is 1.06 bits per heavy atom. The van der Waals surface area contributed by atoms with E-state index in [9.17, 15) is 13.2 Å². The minimum atomic E-state index is -3.82. The van der Waals surface area contributed by atoms with Crippen LogP contribution in [0, 0.1) is 0 Å². The van der Waals surface area contributed by atoms with Crippen molar-refractivity contribution >= 4 is 43.2 Å². The number of aromatic nitrogens is 1. The zero-order valence-corrected chi connectivity index (χ0v) is 20.1. The summed E-state index contributed by atoms with van der Waals surface area (Å²) in [6.07, 6.45) is 1.08. The van der Waals surface area contributed by atoms with Crippen molar-refractivity contribution in [2.45, 2.75) is 23.8 Å². The van der Waals surface area contributed by atoms with Gasteiger partial charge in [0.2, 0.25) is 15.9 Å². The van der Waals surface area contributed by atoms with Crippen LogP contribution in [0.1, 0.15) is 12.8 Å². The molecule has 1 fully saturated rings. The summed E-state index contributed by atoms with van der Waals surface area (Å²) < 4.78 is 34.1. The third-order valence-electron chi connectivity index (χ3n) is 5.88. The lowest BCUT2D eigenvalue weighted by atomic mass is 10.1. The van der Waals surface area contributed by atoms with Crippen LogP contribution in [0.3, 0.4) is 0 Å². The second-order valence-corrected chi connectivity index (χ2v) is 10.9. The molecule has 0 unspecified atom stereocenters. The monoisotopic (exact) mass is 493 g/mol. The topological polar surface area (TPSA) is 88.6 Å². The first-order chi connectivity index (χ1) is 16.5. The average Bonchev–Trinajstić information content (AvgIpc) is 3.52. The number of carbonyl (C=O) groups excluding carboxylic acids is 1. The number of fused-ring (bicyclic) bond motifs is 1. The molecule has 1 saturated heterocycles. The zero-order chi connectivity index (χ0) is 23.7. The van der Waals surface area contributed by atoms with Gasteiger partial charge in [0.05, 0.1) is 27.9 Å². The molecule has 5 rings (SSSR count). The van der Waals surface area contributed by atoms with Crippen molar-refractivity contribution < 1.29 is 17.9 Å². The van der Waals surface area contributed by atoms with Crippen molar-refractivity contribution in [2.24, 2.45) is 0 Å². The molecule has 3 aromatic carbocycles. The number of hydrogen-bond donors (Lipinski definition) is 1. The number of ether oxygens (including phenoxy) is 1. The molecule has 1 aliphatic rings. The quantitative estimate of drug-likeness (QED) is 0.418. The van der Waals surface area contributed by atoms with Crippen molar-refractivity contribution in [1.82, 2.24) is 9.29 Å². The Morgan fingerprint density at radius 3 is 2.56 bits per heavy atom. The van der Waals surface area contributed by atoms with Gasteiger partial charge < -0.3 is 10.1 Å². The zero-order valence-electron chi connectivity index (χ0n) is 18.5. The van der Waals surface area contributed by atoms with Crippen molar-refractivity contribution in [3.05, 3.63) is 72.8 Å². The summed E-state index contributed by atoms with van der Waals surface area (Å²) >= 11 is 1.55. The van der Waals surface area contributed by atoms with Gasteiger partial charge >= 0.3 is 0 Å². The van der Waals surface area contributed by atoms with Crippen LogP contribution in [-0.2, 0) is 14.8 Å². The van der Waals surface area contributed by atoms with E-state index in [1.165, 1.54) is 23.5 Å². The van der Waals surface area contributed by atoms with Gasteiger partial charge in [0.15, 0.2) is 0 Å². The summed E-state index contributed by atoms with van der Waals surface area (Å²) in [6.45, 7) is 0.298. The standard InChI is InChI=1S/C25H23N3O4S2/c1-32-17-12-14-18(15-13-17)34(30,31)28-16-6-10-22(28)24(29)26-20-8-3-2-7-19(20)25-27-21-9-4-5-11-23(21)33-25/h2-5,7-9,11-15,22H,6,10,16H2,1H3,(H,26,29)/t22-/m0/s1. The molecule has 0 aliphatic carbocycles. The van der Waals surface area contributed by atoms with Crippen molar-refractivity contribution in [2.75, 3.05) is 19.0 Å². The van der Waals surface area contributed by atoms with E-state index in [4.69, 9.17) is 9.72 Å². The van der Waals surface area contributed by atoms with E-state index in [-0.39, 0.29) is 10.8 Å². The maximum Gasteiger partial charge on any atom is 0.243 e. The molecule has 1 amide bonds. The molecule has 1 N–H and O–H groups in total. The number of nitrogens with zero attached hydrogens (tertiary/aromatic N) is 2. The van der Waals surface area contributed by atoms with Crippen LogP contribution in [0.15, 0.2) is 77.7 Å². The van der Waals surface area contributed by atoms with Gasteiger partial charge in [-0.05, 0) is 61.4 Å². The Hall–Kier alpha value is -3.27. The Bertz CT molecular complexity index is 1420. The van der Waals surface area contributed by atoms with E-state index in [0.29, 0.717) is 30.8 Å². The Morgan fingerprint density at radius 2 is 1.79 bits per heavy atom. The number of carbonyl (C=O) groups is 1. The number of sulfonamides is 1. The maximum atomic E-state index is 13.3. The molecule has 34 heavy (non-hydrogen) atoms. The summed E-state index contributed by atoms with van der Waals surface area (Å²) in [6, 6.07) is 20.8. The highest BCUT2D eigenvalue weighted by molar-refractivity contribution is 7.89. The predicted molar refractivity (Wildman–Crippen MR) is 134 cm³/mol. The summed E-state index contributed by atoms with van der Waals surface area (Å²) in [5.41, 5.74) is 2.32. The second kappa shape index (κ2) is 9.17. The third-order valence-corrected chi connectivity index (χ3v) is 8.87. The molecular weight excluding hydrogens is 470 g/mol. The van der Waals surface area contributed by atoms with Gasteiger partial charge in [-0.3, -0.25) is 4.79 Å². The molecule has 1 aromatic heterocycles. The number of amides is 1. The SMILES string of the molecule is COc1ccc(S(=O)(=O)N2CCC[C@H]2C(=O)Nc2ccccc2-c2nc3ccccc3s2)cc1. The van der Waals surface area contributed by atoms with Gasteiger partial charge in [-0.1, -0.05) is 24.3 Å². The van der Waals surface area contributed by atoms with Crippen LogP contribution in [-0.4, -0.2) is 43.3 Å². The molecule has 4 aromatic rings. The molecule has 7 nitrogen and oxygen atoms in total. The molecule has 0 radical (unpaired) electrons. The number of nitrogens with one attached hydrogen (secondary N) is 1. The fourth-order valence-electron chi connectivity index (χ4n) is 4.16. The van der Waals surface area contributed by atoms with Crippen LogP contribution in [0.2, 0.25) is 0 Å². The maximum absolute atomic E-state index is 13.3. The van der Waals surface area contributed by atoms with Crippen LogP contribution in [0.25, 0.3) is 20.8 Å². The lowest BCUT2D eigenvalue weighted by Gasteiger charge is -2.24. The number of rotatable bonds is 6. The van der Waals surface area contributed by atoms with Gasteiger partial charge in [-0.2, -0.15) is 4.31 Å². The van der Waals surface area contributed by atoms with E-state index in [1.54, 1.807) is 23.5 Å². The van der Waals surface area contributed by atoms with E-state index in [0.717, 1.165) is 20.8 Å². The first-order valence-corrected chi connectivity index (χ1v) is 13.1. The van der Waals surface area contributed by atoms with Gasteiger partial charge in [0.25, 0.3) is 0 Å². The van der Waals surface area contributed by atoms with Gasteiger partial charge in [0, 0.05) is 12.1 Å². The van der Waals surface area contributed by atoms with E-state index in [1.807, 2.05) is 48.5 Å². The highest BCUT2D eigenvalue weighted by Gasteiger charge is 2.39. The Kier molecular flexibility index (Phi) is 6.07. The van der Waals surface area contributed by atoms with Gasteiger partial charge in [-0.25, -0.2) is 13.4 Å². The number of anilines is 1. The largest absolute Gasteiger partial charge is 0.497 e. The summed E-state index contributed by atoms with van der Waals surface area (Å²) in [4.78, 5) is 18.2. The van der Waals surface area contributed by atoms with Crippen LogP contribution in [0.4, 0.5) is 5.69 Å². The van der Waals surface area contributed by atoms with Gasteiger partial charge in [0.1, 0.15) is 16.8 Å². The molecule has 0 bridgehead atoms. The lowest BCUT2D eigenvalue weighted by molar-refractivity contribution is -0.119. The molecule has 1 aliphatic heterocycles. The number of hydrogen-bond acceptors (Lipinski definition) is 6. The highest BCUT2D eigenvalue weighted by atomic mass is 32.2. The average molecular weight is 494 g/mol. The van der Waals surface area contributed by atoms with E-state index in [2.05, 4.69) is 5.32 Å². The minimum Gasteiger partial charge on any atom is -0.497 e. The summed E-state index contributed by atoms with van der Waals surface area (Å²) in [5, 5.41) is 3.77. The van der Waals surface area contributed by atoms with E-state index >= 15 is 0 Å². The number of para-hydroxylation sites is 2. The van der Waals surface area contributed by atoms with Crippen LogP contribution in [0.5, 0.6) is 5.75 Å². The smallest absolute Gasteiger partial charge is 0.243 e. The molecule has 0 spiro atoms. The third kappa shape index (κ3) is 4.18. The van der Waals surface area contributed by atoms with Crippen LogP contribution >= 0.6 is 11.3 Å². The van der Waals surface area contributed by atoms with Gasteiger partial charge in [-0.15, -0.1) is 11.3 Å². The number of methoxy groups -OCH3 is 1. The highest BCUT2D eigenvalue weighted by Crippen LogP contribution is 2.35. The first kappa shape index (κ1) is 22.5. The predicted octanol–water partition coefficient (Wildman–Crippen LogP) is 4.76. The van der Waals surface area contributed by atoms with Crippen molar-refractivity contribution in [1.29, 1.82) is 0 Å². The van der Waals surface area contributed by atoms with Crippen molar-refractivity contribution in [3.63, 3.8) is 0 Å². The minimum absolute atomic E-state index is 0.142. The molecule has 174 valence electrons. The summed E-state index contributed by atoms with van der Waals surface area (Å²) in [7, 11) is -2.30. The second-order valence-electron chi connectivity index (χ2n) is 7.97. The number of benzene rings is 3. The Balaban J connectivity index is 1.41. The first-order valence-electron chi connectivity index (χ1n) is 10.9. The molecule has 2 heterocycles. The molecule has 1 atom stereocenters. The molecular formula is C25H23N3O4S2.